The Balaban J connectivity index is 1.75. The van der Waals surface area contributed by atoms with Gasteiger partial charge in [-0.2, -0.15) is 0 Å². The van der Waals surface area contributed by atoms with Crippen molar-refractivity contribution in [3.8, 4) is 0 Å². The lowest BCUT2D eigenvalue weighted by Gasteiger charge is -2.32. The van der Waals surface area contributed by atoms with Gasteiger partial charge >= 0.3 is 0 Å². The van der Waals surface area contributed by atoms with E-state index in [1.165, 1.54) is 17.8 Å². The molecule has 1 amide bonds. The Bertz CT molecular complexity index is 1120. The van der Waals surface area contributed by atoms with E-state index in [4.69, 9.17) is 16.6 Å². The molecule has 3 rings (SSSR count). The van der Waals surface area contributed by atoms with Crippen molar-refractivity contribution in [1.29, 1.82) is 0 Å². The van der Waals surface area contributed by atoms with Crippen molar-refractivity contribution in [1.82, 2.24) is 15.2 Å². The molecule has 1 heterocycles. The van der Waals surface area contributed by atoms with Crippen molar-refractivity contribution in [3.05, 3.63) is 40.4 Å². The summed E-state index contributed by atoms with van der Waals surface area (Å²) in [5.74, 6) is -0.102. The fourth-order valence-electron chi connectivity index (χ4n) is 5.35. The first-order valence-electron chi connectivity index (χ1n) is 13.9. The number of nitrogens with one attached hydrogen (secondary N) is 1. The number of aromatic nitrogens is 1. The Labute approximate surface area is 236 Å². The van der Waals surface area contributed by atoms with Crippen molar-refractivity contribution < 1.29 is 14.4 Å². The van der Waals surface area contributed by atoms with Crippen LogP contribution in [0.1, 0.15) is 76.1 Å². The highest BCUT2D eigenvalue weighted by Crippen LogP contribution is 2.30. The number of hydrogen-bond acceptors (Lipinski definition) is 6. The molecule has 6 nitrogen and oxygen atoms in total. The molecule has 1 aliphatic rings. The summed E-state index contributed by atoms with van der Waals surface area (Å²) in [5.41, 5.74) is 1.45. The monoisotopic (exact) mass is 559 g/mol. The van der Waals surface area contributed by atoms with Crippen LogP contribution in [0, 0.1) is 11.8 Å². The van der Waals surface area contributed by atoms with E-state index in [-0.39, 0.29) is 29.9 Å². The highest BCUT2D eigenvalue weighted by atomic mass is 35.5. The number of nitrogens with zero attached hydrogens (tertiary/aromatic N) is 2. The van der Waals surface area contributed by atoms with Crippen LogP contribution in [0.25, 0.3) is 10.2 Å². The Kier molecular flexibility index (Phi) is 11.9. The molecule has 0 bridgehead atoms. The standard InChI is InChI=1S/C30H42ClN3O3S/c1-5-9-24(35)16-22(17-29-32-26-13-12-23(31)18-28(26)38-29)30(37)33-25(21-10-7-6-8-11-21)14-15-27(36)20(2)19-34(3)4/h12-13,18,21-22,25H,2,5-11,14-17,19H2,1,3-4H3,(H,33,37)/t22-,25+/m0/s1. The summed E-state index contributed by atoms with van der Waals surface area (Å²) in [6.45, 7) is 6.48. The minimum atomic E-state index is -0.490. The predicted molar refractivity (Wildman–Crippen MR) is 157 cm³/mol. The molecule has 1 saturated carbocycles. The van der Waals surface area contributed by atoms with Gasteiger partial charge in [0, 0.05) is 48.9 Å². The number of rotatable bonds is 15. The van der Waals surface area contributed by atoms with Gasteiger partial charge in [-0.25, -0.2) is 4.98 Å². The van der Waals surface area contributed by atoms with Crippen LogP contribution in [0.4, 0.5) is 0 Å². The molecule has 1 aliphatic carbocycles. The molecule has 0 aliphatic heterocycles. The smallest absolute Gasteiger partial charge is 0.224 e. The molecule has 0 spiro atoms. The average molecular weight is 560 g/mol. The number of halogens is 1. The van der Waals surface area contributed by atoms with Crippen LogP contribution >= 0.6 is 22.9 Å². The number of ketones is 2. The van der Waals surface area contributed by atoms with E-state index in [1.54, 1.807) is 0 Å². The van der Waals surface area contributed by atoms with Gasteiger partial charge in [0.2, 0.25) is 5.91 Å². The number of Topliss-reactive ketones (excluding diaryl/α,β-unsaturated/α-hetero) is 2. The zero-order valence-corrected chi connectivity index (χ0v) is 24.6. The summed E-state index contributed by atoms with van der Waals surface area (Å²) in [6.07, 6.45) is 8.40. The first-order valence-corrected chi connectivity index (χ1v) is 15.1. The average Bonchev–Trinajstić information content (AvgIpc) is 3.27. The van der Waals surface area contributed by atoms with Gasteiger partial charge in [-0.1, -0.05) is 44.4 Å². The topological polar surface area (TPSA) is 79.4 Å². The molecule has 0 saturated heterocycles. The largest absolute Gasteiger partial charge is 0.353 e. The lowest BCUT2D eigenvalue weighted by molar-refractivity contribution is -0.130. The van der Waals surface area contributed by atoms with Gasteiger partial charge in [0.1, 0.15) is 5.78 Å². The first-order chi connectivity index (χ1) is 18.2. The van der Waals surface area contributed by atoms with Gasteiger partial charge in [-0.3, -0.25) is 14.4 Å². The summed E-state index contributed by atoms with van der Waals surface area (Å²) in [7, 11) is 3.84. The summed E-state index contributed by atoms with van der Waals surface area (Å²) < 4.78 is 0.975. The van der Waals surface area contributed by atoms with Gasteiger partial charge in [0.05, 0.1) is 21.1 Å². The molecule has 1 aromatic heterocycles. The number of amides is 1. The second kappa shape index (κ2) is 14.9. The van der Waals surface area contributed by atoms with E-state index in [0.29, 0.717) is 48.7 Å². The van der Waals surface area contributed by atoms with Crippen molar-refractivity contribution in [2.75, 3.05) is 20.6 Å². The molecule has 2 aromatic rings. The van der Waals surface area contributed by atoms with Crippen LogP contribution in [-0.4, -0.2) is 54.0 Å². The number of carbonyl (C=O) groups excluding carboxylic acids is 3. The lowest BCUT2D eigenvalue weighted by Crippen LogP contribution is -2.45. The number of fused-ring (bicyclic) bond motifs is 1. The fourth-order valence-corrected chi connectivity index (χ4v) is 6.68. The maximum absolute atomic E-state index is 13.7. The van der Waals surface area contributed by atoms with Gasteiger partial charge in [-0.05, 0) is 63.9 Å². The number of thiazole rings is 1. The van der Waals surface area contributed by atoms with E-state index in [2.05, 4.69) is 11.9 Å². The van der Waals surface area contributed by atoms with Crippen LogP contribution in [-0.2, 0) is 20.8 Å². The van der Waals surface area contributed by atoms with Crippen molar-refractivity contribution in [3.63, 3.8) is 0 Å². The first kappa shape index (κ1) is 30.5. The Morgan fingerprint density at radius 1 is 1.18 bits per heavy atom. The third kappa shape index (κ3) is 9.28. The molecule has 38 heavy (non-hydrogen) atoms. The van der Waals surface area contributed by atoms with Crippen LogP contribution in [0.5, 0.6) is 0 Å². The Morgan fingerprint density at radius 2 is 1.92 bits per heavy atom. The highest BCUT2D eigenvalue weighted by Gasteiger charge is 2.30. The minimum Gasteiger partial charge on any atom is -0.353 e. The maximum atomic E-state index is 13.7. The Hall–Kier alpha value is -2.09. The summed E-state index contributed by atoms with van der Waals surface area (Å²) >= 11 is 7.67. The van der Waals surface area contributed by atoms with E-state index in [1.807, 2.05) is 44.1 Å². The van der Waals surface area contributed by atoms with Gasteiger partial charge in [-0.15, -0.1) is 11.3 Å². The molecule has 8 heteroatoms. The van der Waals surface area contributed by atoms with Crippen molar-refractivity contribution in [2.45, 2.75) is 83.6 Å². The lowest BCUT2D eigenvalue weighted by atomic mass is 9.81. The van der Waals surface area contributed by atoms with Gasteiger partial charge < -0.3 is 10.2 Å². The number of benzene rings is 1. The molecule has 208 valence electrons. The van der Waals surface area contributed by atoms with E-state index < -0.39 is 5.92 Å². The number of hydrogen-bond donors (Lipinski definition) is 1. The van der Waals surface area contributed by atoms with Gasteiger partial charge in [0.25, 0.3) is 0 Å². The van der Waals surface area contributed by atoms with E-state index >= 15 is 0 Å². The van der Waals surface area contributed by atoms with Crippen molar-refractivity contribution >= 4 is 50.6 Å². The van der Waals surface area contributed by atoms with Crippen LogP contribution in [0.15, 0.2) is 30.4 Å². The SMILES string of the molecule is C=C(CN(C)C)C(=O)CC[C@@H](NC(=O)[C@@H](CC(=O)CCC)Cc1nc2ccc(Cl)cc2s1)C1CCCCC1. The Morgan fingerprint density at radius 3 is 2.61 bits per heavy atom. The zero-order valence-electron chi connectivity index (χ0n) is 23.1. The van der Waals surface area contributed by atoms with E-state index in [9.17, 15) is 14.4 Å². The predicted octanol–water partition coefficient (Wildman–Crippen LogP) is 6.40. The van der Waals surface area contributed by atoms with Gasteiger partial charge in [0.15, 0.2) is 5.78 Å². The quantitative estimate of drug-likeness (QED) is 0.255. The second-order valence-electron chi connectivity index (χ2n) is 10.9. The molecule has 1 N–H and O–H groups in total. The molecular weight excluding hydrogens is 518 g/mol. The summed E-state index contributed by atoms with van der Waals surface area (Å²) in [6, 6.07) is 5.49. The number of likely N-dealkylation sites (N-methyl/N-ethyl adjacent to an activating group) is 1. The third-order valence-corrected chi connectivity index (χ3v) is 8.60. The minimum absolute atomic E-state index is 0.0524. The maximum Gasteiger partial charge on any atom is 0.224 e. The fraction of sp³-hybridized carbons (Fsp3) is 0.600. The third-order valence-electron chi connectivity index (χ3n) is 7.32. The molecule has 0 radical (unpaired) electrons. The number of carbonyl (C=O) groups is 3. The summed E-state index contributed by atoms with van der Waals surface area (Å²) in [5, 5.41) is 4.79. The van der Waals surface area contributed by atoms with Crippen LogP contribution in [0.2, 0.25) is 5.02 Å². The molecule has 0 unspecified atom stereocenters. The molecular formula is C30H42ClN3O3S. The molecule has 2 atom stereocenters. The summed E-state index contributed by atoms with van der Waals surface area (Å²) in [4.78, 5) is 45.8. The van der Waals surface area contributed by atoms with Crippen LogP contribution < -0.4 is 5.32 Å². The zero-order chi connectivity index (χ0) is 27.7. The van der Waals surface area contributed by atoms with Crippen molar-refractivity contribution in [2.24, 2.45) is 11.8 Å². The molecule has 1 fully saturated rings. The van der Waals surface area contributed by atoms with Crippen LogP contribution in [0.3, 0.4) is 0 Å². The normalized spacial score (nSPS) is 15.9. The van der Waals surface area contributed by atoms with E-state index in [0.717, 1.165) is 47.3 Å². The highest BCUT2D eigenvalue weighted by molar-refractivity contribution is 7.18. The molecule has 1 aromatic carbocycles. The second-order valence-corrected chi connectivity index (χ2v) is 12.5.